The topological polar surface area (TPSA) is 69.4 Å². The summed E-state index contributed by atoms with van der Waals surface area (Å²) < 4.78 is 4.86. The average Bonchev–Trinajstić information content (AvgIpc) is 2.10. The minimum atomic E-state index is -0.575. The van der Waals surface area contributed by atoms with Crippen LogP contribution in [0.25, 0.3) is 0 Å². The summed E-state index contributed by atoms with van der Waals surface area (Å²) in [7, 11) is 0. The van der Waals surface area contributed by atoms with Crippen molar-refractivity contribution in [3.63, 3.8) is 0 Å². The van der Waals surface area contributed by atoms with Crippen molar-refractivity contribution in [2.75, 3.05) is 6.61 Å². The number of hydrogen-bond acceptors (Lipinski definition) is 3. The van der Waals surface area contributed by atoms with Gasteiger partial charge in [-0.05, 0) is 12.3 Å². The van der Waals surface area contributed by atoms with E-state index in [4.69, 9.17) is 10.5 Å². The summed E-state index contributed by atoms with van der Waals surface area (Å²) in [6.07, 6.45) is 1.59. The number of carbonyl (C=O) groups is 2. The number of hydrogen-bond donors (Lipinski definition) is 1. The van der Waals surface area contributed by atoms with Crippen LogP contribution in [-0.4, -0.2) is 18.5 Å². The molecule has 0 aliphatic carbocycles. The predicted molar refractivity (Wildman–Crippen MR) is 53.4 cm³/mol. The maximum atomic E-state index is 11.1. The highest BCUT2D eigenvalue weighted by molar-refractivity contribution is 5.98. The Morgan fingerprint density at radius 2 is 2.00 bits per heavy atom. The van der Waals surface area contributed by atoms with Gasteiger partial charge in [0.2, 0.25) is 5.91 Å². The lowest BCUT2D eigenvalue weighted by Crippen LogP contribution is -2.16. The first-order valence-corrected chi connectivity index (χ1v) is 4.64. The van der Waals surface area contributed by atoms with E-state index in [0.29, 0.717) is 18.6 Å². The fourth-order valence-electron chi connectivity index (χ4n) is 0.780. The summed E-state index contributed by atoms with van der Waals surface area (Å²) in [4.78, 5) is 21.9. The van der Waals surface area contributed by atoms with E-state index in [9.17, 15) is 9.59 Å². The van der Waals surface area contributed by atoms with Crippen LogP contribution >= 0.6 is 0 Å². The molecule has 0 atom stereocenters. The Kier molecular flexibility index (Phi) is 5.60. The van der Waals surface area contributed by atoms with E-state index >= 15 is 0 Å². The molecule has 14 heavy (non-hydrogen) atoms. The van der Waals surface area contributed by atoms with E-state index < -0.39 is 11.9 Å². The lowest BCUT2D eigenvalue weighted by atomic mass is 10.2. The predicted octanol–water partition coefficient (Wildman–Crippen LogP) is 1.01. The Labute approximate surface area is 84.1 Å². The van der Waals surface area contributed by atoms with Gasteiger partial charge in [-0.3, -0.25) is 4.79 Å². The first-order chi connectivity index (χ1) is 6.47. The molecule has 80 valence electrons. The summed E-state index contributed by atoms with van der Waals surface area (Å²) >= 11 is 0. The van der Waals surface area contributed by atoms with Crippen LogP contribution in [0.3, 0.4) is 0 Å². The highest BCUT2D eigenvalue weighted by Crippen LogP contribution is 2.01. The second-order valence-electron chi connectivity index (χ2n) is 3.41. The molecule has 0 heterocycles. The van der Waals surface area contributed by atoms with Crippen molar-refractivity contribution >= 4 is 11.9 Å². The van der Waals surface area contributed by atoms with Gasteiger partial charge in [-0.15, -0.1) is 0 Å². The van der Waals surface area contributed by atoms with Gasteiger partial charge in [0.25, 0.3) is 0 Å². The lowest BCUT2D eigenvalue weighted by molar-refractivity contribution is -0.139. The summed E-state index contributed by atoms with van der Waals surface area (Å²) in [5, 5.41) is 0. The van der Waals surface area contributed by atoms with Gasteiger partial charge in [0.15, 0.2) is 0 Å². The van der Waals surface area contributed by atoms with Gasteiger partial charge in [0, 0.05) is 11.6 Å². The Morgan fingerprint density at radius 1 is 1.43 bits per heavy atom. The molecule has 0 aromatic heterocycles. The monoisotopic (exact) mass is 199 g/mol. The molecule has 0 bridgehead atoms. The van der Waals surface area contributed by atoms with Crippen LogP contribution < -0.4 is 5.73 Å². The summed E-state index contributed by atoms with van der Waals surface area (Å²) in [6, 6.07) is 0. The number of ether oxygens (including phenoxy) is 1. The van der Waals surface area contributed by atoms with E-state index in [1.54, 1.807) is 6.92 Å². The first kappa shape index (κ1) is 12.7. The SMILES string of the molecule is CC/C(=C/C(=O)OCC(C)C)C(N)=O. The zero-order chi connectivity index (χ0) is 11.1. The number of carbonyl (C=O) groups excluding carboxylic acids is 2. The average molecular weight is 199 g/mol. The van der Waals surface area contributed by atoms with Gasteiger partial charge in [-0.2, -0.15) is 0 Å². The second-order valence-corrected chi connectivity index (χ2v) is 3.41. The van der Waals surface area contributed by atoms with Crippen molar-refractivity contribution in [3.8, 4) is 0 Å². The van der Waals surface area contributed by atoms with Crippen molar-refractivity contribution < 1.29 is 14.3 Å². The molecular weight excluding hydrogens is 182 g/mol. The number of esters is 1. The van der Waals surface area contributed by atoms with Crippen molar-refractivity contribution in [1.82, 2.24) is 0 Å². The molecule has 0 saturated carbocycles. The standard InChI is InChI=1S/C10H17NO3/c1-4-8(10(11)13)5-9(12)14-6-7(2)3/h5,7H,4,6H2,1-3H3,(H2,11,13)/b8-5-. The molecule has 0 aromatic carbocycles. The van der Waals surface area contributed by atoms with Gasteiger partial charge in [0.1, 0.15) is 0 Å². The van der Waals surface area contributed by atoms with E-state index in [2.05, 4.69) is 0 Å². The van der Waals surface area contributed by atoms with E-state index in [0.717, 1.165) is 6.08 Å². The van der Waals surface area contributed by atoms with Crippen molar-refractivity contribution in [2.24, 2.45) is 11.7 Å². The summed E-state index contributed by atoms with van der Waals surface area (Å²) in [6.45, 7) is 5.98. The molecular formula is C10H17NO3. The zero-order valence-electron chi connectivity index (χ0n) is 8.87. The largest absolute Gasteiger partial charge is 0.462 e. The van der Waals surface area contributed by atoms with Crippen molar-refractivity contribution in [1.29, 1.82) is 0 Å². The molecule has 0 fully saturated rings. The van der Waals surface area contributed by atoms with Crippen LogP contribution in [0.15, 0.2) is 11.6 Å². The Hall–Kier alpha value is -1.32. The molecule has 0 aromatic rings. The van der Waals surface area contributed by atoms with Gasteiger partial charge >= 0.3 is 5.97 Å². The minimum Gasteiger partial charge on any atom is -0.462 e. The quantitative estimate of drug-likeness (QED) is 0.530. The normalized spacial score (nSPS) is 11.6. The number of nitrogens with two attached hydrogens (primary N) is 1. The van der Waals surface area contributed by atoms with Gasteiger partial charge in [-0.25, -0.2) is 4.79 Å². The fourth-order valence-corrected chi connectivity index (χ4v) is 0.780. The fraction of sp³-hybridized carbons (Fsp3) is 0.600. The van der Waals surface area contributed by atoms with Gasteiger partial charge in [0.05, 0.1) is 6.61 Å². The van der Waals surface area contributed by atoms with E-state index in [1.165, 1.54) is 0 Å². The van der Waals surface area contributed by atoms with E-state index in [-0.39, 0.29) is 5.92 Å². The minimum absolute atomic E-state index is 0.283. The maximum Gasteiger partial charge on any atom is 0.331 e. The molecule has 0 aliphatic heterocycles. The maximum absolute atomic E-state index is 11.1. The lowest BCUT2D eigenvalue weighted by Gasteiger charge is -2.05. The van der Waals surface area contributed by atoms with Crippen LogP contribution in [-0.2, 0) is 14.3 Å². The molecule has 0 aliphatic rings. The Bertz CT molecular complexity index is 244. The highest BCUT2D eigenvalue weighted by Gasteiger charge is 2.06. The number of amides is 1. The number of rotatable bonds is 5. The van der Waals surface area contributed by atoms with Gasteiger partial charge < -0.3 is 10.5 Å². The third-order valence-corrected chi connectivity index (χ3v) is 1.55. The molecule has 4 nitrogen and oxygen atoms in total. The van der Waals surface area contributed by atoms with Crippen molar-refractivity contribution in [2.45, 2.75) is 27.2 Å². The van der Waals surface area contributed by atoms with Crippen LogP contribution in [0.5, 0.6) is 0 Å². The molecule has 0 unspecified atom stereocenters. The first-order valence-electron chi connectivity index (χ1n) is 4.64. The van der Waals surface area contributed by atoms with Gasteiger partial charge in [-0.1, -0.05) is 20.8 Å². The van der Waals surface area contributed by atoms with Crippen LogP contribution in [0, 0.1) is 5.92 Å². The Balaban J connectivity index is 4.19. The van der Waals surface area contributed by atoms with E-state index in [1.807, 2.05) is 13.8 Å². The third-order valence-electron chi connectivity index (χ3n) is 1.55. The molecule has 2 N–H and O–H groups in total. The summed E-state index contributed by atoms with van der Waals surface area (Å²) in [5.74, 6) is -0.797. The molecule has 0 radical (unpaired) electrons. The highest BCUT2D eigenvalue weighted by atomic mass is 16.5. The zero-order valence-corrected chi connectivity index (χ0v) is 8.87. The smallest absolute Gasteiger partial charge is 0.331 e. The number of primary amides is 1. The van der Waals surface area contributed by atoms with Crippen molar-refractivity contribution in [3.05, 3.63) is 11.6 Å². The van der Waals surface area contributed by atoms with Crippen LogP contribution in [0.1, 0.15) is 27.2 Å². The third kappa shape index (κ3) is 5.35. The molecule has 0 spiro atoms. The Morgan fingerprint density at radius 3 is 2.36 bits per heavy atom. The molecule has 0 rings (SSSR count). The molecule has 1 amide bonds. The molecule has 4 heteroatoms. The molecule has 0 saturated heterocycles. The van der Waals surface area contributed by atoms with Crippen LogP contribution in [0.2, 0.25) is 0 Å². The summed E-state index contributed by atoms with van der Waals surface area (Å²) in [5.41, 5.74) is 5.33. The van der Waals surface area contributed by atoms with Crippen LogP contribution in [0.4, 0.5) is 0 Å². The second kappa shape index (κ2) is 6.18.